The van der Waals surface area contributed by atoms with Gasteiger partial charge in [-0.05, 0) is 44.4 Å². The molecule has 84 valence electrons. The van der Waals surface area contributed by atoms with Crippen LogP contribution in [0.1, 0.15) is 51.4 Å². The lowest BCUT2D eigenvalue weighted by molar-refractivity contribution is -0.123. The molecule has 0 spiro atoms. The van der Waals surface area contributed by atoms with E-state index in [0.717, 1.165) is 25.2 Å². The van der Waals surface area contributed by atoms with E-state index in [-0.39, 0.29) is 6.04 Å². The molecule has 1 aliphatic heterocycles. The fourth-order valence-electron chi connectivity index (χ4n) is 3.37. The number of ketones is 1. The van der Waals surface area contributed by atoms with Gasteiger partial charge in [-0.2, -0.15) is 0 Å². The van der Waals surface area contributed by atoms with Crippen molar-refractivity contribution in [3.05, 3.63) is 0 Å². The summed E-state index contributed by atoms with van der Waals surface area (Å²) in [6.45, 7) is 0. The van der Waals surface area contributed by atoms with Gasteiger partial charge < -0.3 is 5.32 Å². The molecule has 2 saturated carbocycles. The highest BCUT2D eigenvalue weighted by molar-refractivity contribution is 5.88. The van der Waals surface area contributed by atoms with E-state index in [2.05, 4.69) is 5.32 Å². The highest BCUT2D eigenvalue weighted by Crippen LogP contribution is 2.36. The number of piperidine rings is 1. The normalized spacial score (nSPS) is 40.9. The van der Waals surface area contributed by atoms with Gasteiger partial charge in [0.2, 0.25) is 0 Å². The number of nitrogens with one attached hydrogen (secondary N) is 1. The first-order valence-corrected chi connectivity index (χ1v) is 6.64. The molecule has 0 bridgehead atoms. The molecule has 3 fully saturated rings. The van der Waals surface area contributed by atoms with Gasteiger partial charge in [0.15, 0.2) is 5.78 Å². The van der Waals surface area contributed by atoms with Gasteiger partial charge in [0, 0.05) is 12.0 Å². The van der Waals surface area contributed by atoms with Crippen molar-refractivity contribution in [2.24, 2.45) is 11.8 Å². The third kappa shape index (κ3) is 1.96. The minimum atomic E-state index is 0.219. The Balaban J connectivity index is 1.61. The van der Waals surface area contributed by atoms with Gasteiger partial charge in [-0.1, -0.05) is 12.8 Å². The number of hydrogen-bond acceptors (Lipinski definition) is 2. The SMILES string of the molecule is O=C(C1CC1)C1CCC2CCCCC2N1. The number of carbonyl (C=O) groups excluding carboxylic acids is 1. The second kappa shape index (κ2) is 3.89. The molecule has 0 aromatic rings. The summed E-state index contributed by atoms with van der Waals surface area (Å²) in [5, 5.41) is 3.63. The van der Waals surface area contributed by atoms with E-state index in [1.165, 1.54) is 32.1 Å². The largest absolute Gasteiger partial charge is 0.304 e. The average molecular weight is 207 g/mol. The summed E-state index contributed by atoms with van der Waals surface area (Å²) in [4.78, 5) is 12.0. The van der Waals surface area contributed by atoms with Crippen molar-refractivity contribution >= 4 is 5.78 Å². The summed E-state index contributed by atoms with van der Waals surface area (Å²) >= 11 is 0. The second-order valence-electron chi connectivity index (χ2n) is 5.62. The molecule has 3 atom stereocenters. The summed E-state index contributed by atoms with van der Waals surface area (Å²) in [5.74, 6) is 1.84. The lowest BCUT2D eigenvalue weighted by atomic mass is 9.77. The molecule has 3 aliphatic rings. The predicted molar refractivity (Wildman–Crippen MR) is 59.6 cm³/mol. The predicted octanol–water partition coefficient (Wildman–Crippen LogP) is 2.28. The molecule has 2 nitrogen and oxygen atoms in total. The van der Waals surface area contributed by atoms with Crippen LogP contribution in [0.5, 0.6) is 0 Å². The van der Waals surface area contributed by atoms with Crippen LogP contribution in [0, 0.1) is 11.8 Å². The van der Waals surface area contributed by atoms with E-state index >= 15 is 0 Å². The first-order chi connectivity index (χ1) is 7.34. The third-order valence-electron chi connectivity index (χ3n) is 4.47. The van der Waals surface area contributed by atoms with E-state index < -0.39 is 0 Å². The van der Waals surface area contributed by atoms with E-state index in [0.29, 0.717) is 17.7 Å². The number of Topliss-reactive ketones (excluding diaryl/α,β-unsaturated/α-hetero) is 1. The van der Waals surface area contributed by atoms with Crippen molar-refractivity contribution in [3.63, 3.8) is 0 Å². The molecule has 15 heavy (non-hydrogen) atoms. The standard InChI is InChI=1S/C13H21NO/c15-13(10-5-6-10)12-8-7-9-3-1-2-4-11(9)14-12/h9-12,14H,1-8H2. The zero-order valence-electron chi connectivity index (χ0n) is 9.37. The smallest absolute Gasteiger partial charge is 0.152 e. The summed E-state index contributed by atoms with van der Waals surface area (Å²) < 4.78 is 0. The van der Waals surface area contributed by atoms with Crippen LogP contribution in [0.4, 0.5) is 0 Å². The number of rotatable bonds is 2. The molecule has 0 radical (unpaired) electrons. The Morgan fingerprint density at radius 1 is 0.933 bits per heavy atom. The van der Waals surface area contributed by atoms with Crippen molar-refractivity contribution in [2.75, 3.05) is 0 Å². The summed E-state index contributed by atoms with van der Waals surface area (Å²) in [6.07, 6.45) is 10.2. The minimum Gasteiger partial charge on any atom is -0.304 e. The van der Waals surface area contributed by atoms with Crippen molar-refractivity contribution in [1.29, 1.82) is 0 Å². The first kappa shape index (κ1) is 9.83. The van der Waals surface area contributed by atoms with Crippen LogP contribution in [0.2, 0.25) is 0 Å². The van der Waals surface area contributed by atoms with Gasteiger partial charge in [-0.3, -0.25) is 4.79 Å². The lowest BCUT2D eigenvalue weighted by Crippen LogP contribution is -2.52. The zero-order chi connectivity index (χ0) is 10.3. The van der Waals surface area contributed by atoms with Gasteiger partial charge >= 0.3 is 0 Å². The molecular weight excluding hydrogens is 186 g/mol. The topological polar surface area (TPSA) is 29.1 Å². The molecule has 3 rings (SSSR count). The Hall–Kier alpha value is -0.370. The van der Waals surface area contributed by atoms with Gasteiger partial charge in [0.1, 0.15) is 0 Å². The van der Waals surface area contributed by atoms with Crippen LogP contribution in [0.25, 0.3) is 0 Å². The maximum Gasteiger partial charge on any atom is 0.152 e. The van der Waals surface area contributed by atoms with Crippen LogP contribution >= 0.6 is 0 Å². The van der Waals surface area contributed by atoms with Crippen molar-refractivity contribution in [2.45, 2.75) is 63.5 Å². The number of fused-ring (bicyclic) bond motifs is 1. The number of hydrogen-bond donors (Lipinski definition) is 1. The molecule has 2 heteroatoms. The van der Waals surface area contributed by atoms with Crippen molar-refractivity contribution in [3.8, 4) is 0 Å². The Kier molecular flexibility index (Phi) is 2.55. The highest BCUT2D eigenvalue weighted by Gasteiger charge is 2.39. The van der Waals surface area contributed by atoms with E-state index in [9.17, 15) is 4.79 Å². The maximum absolute atomic E-state index is 12.0. The first-order valence-electron chi connectivity index (χ1n) is 6.64. The fourth-order valence-corrected chi connectivity index (χ4v) is 3.37. The minimum absolute atomic E-state index is 0.219. The molecule has 1 heterocycles. The summed E-state index contributed by atoms with van der Waals surface area (Å²) in [5.41, 5.74) is 0. The maximum atomic E-state index is 12.0. The lowest BCUT2D eigenvalue weighted by Gasteiger charge is -2.40. The molecule has 0 amide bonds. The van der Waals surface area contributed by atoms with Crippen LogP contribution in [-0.4, -0.2) is 17.9 Å². The Bertz CT molecular complexity index is 259. The Morgan fingerprint density at radius 3 is 2.53 bits per heavy atom. The van der Waals surface area contributed by atoms with E-state index in [1.54, 1.807) is 0 Å². The number of carbonyl (C=O) groups is 1. The van der Waals surface area contributed by atoms with Crippen LogP contribution in [-0.2, 0) is 4.79 Å². The molecule has 1 N–H and O–H groups in total. The molecular formula is C13H21NO. The van der Waals surface area contributed by atoms with Crippen LogP contribution < -0.4 is 5.32 Å². The fraction of sp³-hybridized carbons (Fsp3) is 0.923. The monoisotopic (exact) mass is 207 g/mol. The van der Waals surface area contributed by atoms with Crippen molar-refractivity contribution < 1.29 is 4.79 Å². The zero-order valence-corrected chi connectivity index (χ0v) is 9.37. The van der Waals surface area contributed by atoms with Crippen LogP contribution in [0.3, 0.4) is 0 Å². The van der Waals surface area contributed by atoms with E-state index in [1.807, 2.05) is 0 Å². The summed E-state index contributed by atoms with van der Waals surface area (Å²) in [6, 6.07) is 0.886. The average Bonchev–Trinajstić information content (AvgIpc) is 3.11. The highest BCUT2D eigenvalue weighted by atomic mass is 16.1. The molecule has 1 saturated heterocycles. The third-order valence-corrected chi connectivity index (χ3v) is 4.47. The van der Waals surface area contributed by atoms with Gasteiger partial charge in [-0.25, -0.2) is 0 Å². The van der Waals surface area contributed by atoms with Gasteiger partial charge in [0.25, 0.3) is 0 Å². The Morgan fingerprint density at radius 2 is 1.73 bits per heavy atom. The molecule has 2 aliphatic carbocycles. The molecule has 0 aromatic carbocycles. The van der Waals surface area contributed by atoms with Gasteiger partial charge in [0.05, 0.1) is 6.04 Å². The second-order valence-corrected chi connectivity index (χ2v) is 5.62. The van der Waals surface area contributed by atoms with Crippen molar-refractivity contribution in [1.82, 2.24) is 5.32 Å². The Labute approximate surface area is 91.8 Å². The summed E-state index contributed by atoms with van der Waals surface area (Å²) in [7, 11) is 0. The molecule has 0 aromatic heterocycles. The van der Waals surface area contributed by atoms with Crippen LogP contribution in [0.15, 0.2) is 0 Å². The quantitative estimate of drug-likeness (QED) is 0.752. The van der Waals surface area contributed by atoms with E-state index in [4.69, 9.17) is 0 Å². The van der Waals surface area contributed by atoms with Gasteiger partial charge in [-0.15, -0.1) is 0 Å². The molecule has 3 unspecified atom stereocenters.